The van der Waals surface area contributed by atoms with Crippen LogP contribution in [0.2, 0.25) is 0 Å². The molecule has 4 heteroatoms. The number of hydrogen-bond donors (Lipinski definition) is 2. The van der Waals surface area contributed by atoms with E-state index in [2.05, 4.69) is 17.6 Å². The van der Waals surface area contributed by atoms with Gasteiger partial charge < -0.3 is 15.4 Å². The number of urea groups is 1. The van der Waals surface area contributed by atoms with Crippen LogP contribution >= 0.6 is 0 Å². The van der Waals surface area contributed by atoms with Crippen molar-refractivity contribution < 1.29 is 9.53 Å². The lowest BCUT2D eigenvalue weighted by Crippen LogP contribution is -2.45. The summed E-state index contributed by atoms with van der Waals surface area (Å²) in [5.74, 6) is 1.39. The van der Waals surface area contributed by atoms with Gasteiger partial charge in [0.1, 0.15) is 5.75 Å². The van der Waals surface area contributed by atoms with Crippen LogP contribution in [0.3, 0.4) is 0 Å². The van der Waals surface area contributed by atoms with Gasteiger partial charge in [-0.1, -0.05) is 31.9 Å². The van der Waals surface area contributed by atoms with Gasteiger partial charge >= 0.3 is 6.03 Å². The predicted octanol–water partition coefficient (Wildman–Crippen LogP) is 3.07. The molecule has 2 N–H and O–H groups in total. The van der Waals surface area contributed by atoms with Crippen molar-refractivity contribution in [2.45, 2.75) is 45.2 Å². The van der Waals surface area contributed by atoms with E-state index in [1.807, 2.05) is 24.3 Å². The van der Waals surface area contributed by atoms with Gasteiger partial charge in [0, 0.05) is 12.6 Å². The summed E-state index contributed by atoms with van der Waals surface area (Å²) in [5.41, 5.74) is 1.04. The number of rotatable bonds is 4. The maximum absolute atomic E-state index is 11.9. The molecular formula is C16H24N2O2. The third-order valence-corrected chi connectivity index (χ3v) is 4.02. The van der Waals surface area contributed by atoms with Gasteiger partial charge in [-0.15, -0.1) is 0 Å². The number of hydrogen-bond acceptors (Lipinski definition) is 2. The van der Waals surface area contributed by atoms with E-state index in [0.29, 0.717) is 18.5 Å². The van der Waals surface area contributed by atoms with E-state index in [4.69, 9.17) is 4.74 Å². The van der Waals surface area contributed by atoms with Crippen molar-refractivity contribution in [2.75, 3.05) is 7.11 Å². The van der Waals surface area contributed by atoms with Crippen LogP contribution in [0.4, 0.5) is 4.79 Å². The van der Waals surface area contributed by atoms with Gasteiger partial charge in [0.15, 0.2) is 0 Å². The standard InChI is InChI=1S/C16H24N2O2/c1-12-6-3-4-9-15(12)18-16(19)17-11-13-7-5-8-14(10-13)20-2/h5,7-8,10,12,15H,3-4,6,9,11H2,1-2H3,(H2,17,18,19). The lowest BCUT2D eigenvalue weighted by Gasteiger charge is -2.29. The first kappa shape index (κ1) is 14.7. The van der Waals surface area contributed by atoms with E-state index in [-0.39, 0.29) is 6.03 Å². The summed E-state index contributed by atoms with van der Waals surface area (Å²) in [4.78, 5) is 11.9. The van der Waals surface area contributed by atoms with E-state index in [0.717, 1.165) is 17.7 Å². The fourth-order valence-electron chi connectivity index (χ4n) is 2.71. The summed E-state index contributed by atoms with van der Waals surface area (Å²) in [6, 6.07) is 7.97. The average Bonchev–Trinajstić information content (AvgIpc) is 2.48. The molecule has 0 aromatic heterocycles. The van der Waals surface area contributed by atoms with E-state index >= 15 is 0 Å². The molecule has 0 heterocycles. The molecule has 2 unspecified atom stereocenters. The highest BCUT2D eigenvalue weighted by Crippen LogP contribution is 2.23. The second-order valence-corrected chi connectivity index (χ2v) is 5.55. The maximum atomic E-state index is 11.9. The minimum Gasteiger partial charge on any atom is -0.497 e. The van der Waals surface area contributed by atoms with E-state index < -0.39 is 0 Å². The summed E-state index contributed by atoms with van der Waals surface area (Å²) in [6.07, 6.45) is 4.80. The monoisotopic (exact) mass is 276 g/mol. The second-order valence-electron chi connectivity index (χ2n) is 5.55. The van der Waals surface area contributed by atoms with E-state index in [9.17, 15) is 4.79 Å². The molecule has 4 nitrogen and oxygen atoms in total. The zero-order valence-electron chi connectivity index (χ0n) is 12.3. The topological polar surface area (TPSA) is 50.4 Å². The number of nitrogens with one attached hydrogen (secondary N) is 2. The van der Waals surface area contributed by atoms with Gasteiger partial charge in [0.2, 0.25) is 0 Å². The van der Waals surface area contributed by atoms with Crippen molar-refractivity contribution in [1.29, 1.82) is 0 Å². The Balaban J connectivity index is 1.79. The lowest BCUT2D eigenvalue weighted by atomic mass is 9.86. The second kappa shape index (κ2) is 7.17. The number of benzene rings is 1. The normalized spacial score (nSPS) is 22.1. The molecule has 2 atom stereocenters. The molecule has 0 spiro atoms. The Hall–Kier alpha value is -1.71. The predicted molar refractivity (Wildman–Crippen MR) is 79.8 cm³/mol. The van der Waals surface area contributed by atoms with Crippen LogP contribution in [0.5, 0.6) is 5.75 Å². The average molecular weight is 276 g/mol. The highest BCUT2D eigenvalue weighted by Gasteiger charge is 2.22. The quantitative estimate of drug-likeness (QED) is 0.888. The molecule has 1 fully saturated rings. The van der Waals surface area contributed by atoms with Gasteiger partial charge in [0.05, 0.1) is 7.11 Å². The SMILES string of the molecule is COc1cccc(CNC(=O)NC2CCCCC2C)c1. The van der Waals surface area contributed by atoms with Crippen molar-refractivity contribution in [1.82, 2.24) is 10.6 Å². The molecule has 2 amide bonds. The molecule has 1 saturated carbocycles. The van der Waals surface area contributed by atoms with Gasteiger partial charge in [-0.2, -0.15) is 0 Å². The first-order chi connectivity index (χ1) is 9.69. The van der Waals surface area contributed by atoms with Crippen LogP contribution in [0, 0.1) is 5.92 Å². The van der Waals surface area contributed by atoms with Gasteiger partial charge in [-0.3, -0.25) is 0 Å². The van der Waals surface area contributed by atoms with Gasteiger partial charge in [-0.05, 0) is 36.5 Å². The number of amides is 2. The molecule has 110 valence electrons. The van der Waals surface area contributed by atoms with Crippen molar-refractivity contribution in [3.8, 4) is 5.75 Å². The third-order valence-electron chi connectivity index (χ3n) is 4.02. The number of carbonyl (C=O) groups is 1. The zero-order chi connectivity index (χ0) is 14.4. The molecule has 1 aliphatic rings. The maximum Gasteiger partial charge on any atom is 0.315 e. The fraction of sp³-hybridized carbons (Fsp3) is 0.562. The summed E-state index contributed by atoms with van der Waals surface area (Å²) < 4.78 is 5.17. The Kier molecular flexibility index (Phi) is 5.27. The smallest absolute Gasteiger partial charge is 0.315 e. The molecule has 0 aliphatic heterocycles. The Morgan fingerprint density at radius 1 is 1.35 bits per heavy atom. The van der Waals surface area contributed by atoms with Crippen LogP contribution in [0.15, 0.2) is 24.3 Å². The molecule has 0 bridgehead atoms. The molecule has 1 aliphatic carbocycles. The van der Waals surface area contributed by atoms with Gasteiger partial charge in [0.25, 0.3) is 0 Å². The van der Waals surface area contributed by atoms with Crippen molar-refractivity contribution in [3.63, 3.8) is 0 Å². The van der Waals surface area contributed by atoms with Gasteiger partial charge in [-0.25, -0.2) is 4.79 Å². The van der Waals surface area contributed by atoms with Crippen LogP contribution in [-0.2, 0) is 6.54 Å². The molecule has 1 aromatic rings. The largest absolute Gasteiger partial charge is 0.497 e. The van der Waals surface area contributed by atoms with Crippen molar-refractivity contribution in [3.05, 3.63) is 29.8 Å². The highest BCUT2D eigenvalue weighted by molar-refractivity contribution is 5.74. The molecule has 20 heavy (non-hydrogen) atoms. The zero-order valence-corrected chi connectivity index (χ0v) is 12.3. The lowest BCUT2D eigenvalue weighted by molar-refractivity contribution is 0.221. The highest BCUT2D eigenvalue weighted by atomic mass is 16.5. The van der Waals surface area contributed by atoms with E-state index in [1.54, 1.807) is 7.11 Å². The third kappa shape index (κ3) is 4.15. The molecule has 0 radical (unpaired) electrons. The number of methoxy groups -OCH3 is 1. The Labute approximate surface area is 120 Å². The molecule has 2 rings (SSSR count). The summed E-state index contributed by atoms with van der Waals surface area (Å²) in [6.45, 7) is 2.73. The number of carbonyl (C=O) groups excluding carboxylic acids is 1. The summed E-state index contributed by atoms with van der Waals surface area (Å²) in [7, 11) is 1.64. The molecular weight excluding hydrogens is 252 g/mol. The van der Waals surface area contributed by atoms with Crippen molar-refractivity contribution in [2.24, 2.45) is 5.92 Å². The van der Waals surface area contributed by atoms with Crippen LogP contribution in [0.25, 0.3) is 0 Å². The Bertz CT molecular complexity index is 448. The Morgan fingerprint density at radius 3 is 2.90 bits per heavy atom. The fourth-order valence-corrected chi connectivity index (χ4v) is 2.71. The van der Waals surface area contributed by atoms with E-state index in [1.165, 1.54) is 19.3 Å². The van der Waals surface area contributed by atoms with Crippen LogP contribution < -0.4 is 15.4 Å². The van der Waals surface area contributed by atoms with Crippen molar-refractivity contribution >= 4 is 6.03 Å². The number of ether oxygens (including phenoxy) is 1. The molecule has 0 saturated heterocycles. The first-order valence-corrected chi connectivity index (χ1v) is 7.36. The first-order valence-electron chi connectivity index (χ1n) is 7.36. The minimum atomic E-state index is -0.0773. The van der Waals surface area contributed by atoms with Crippen LogP contribution in [0.1, 0.15) is 38.2 Å². The summed E-state index contributed by atoms with van der Waals surface area (Å²) in [5, 5.41) is 6.00. The minimum absolute atomic E-state index is 0.0773. The Morgan fingerprint density at radius 2 is 2.15 bits per heavy atom. The van der Waals surface area contributed by atoms with Crippen LogP contribution in [-0.4, -0.2) is 19.2 Å². The summed E-state index contributed by atoms with van der Waals surface area (Å²) >= 11 is 0. The molecule has 1 aromatic carbocycles.